The van der Waals surface area contributed by atoms with Crippen LogP contribution in [0.5, 0.6) is 5.75 Å². The normalized spacial score (nSPS) is 24.8. The topological polar surface area (TPSA) is 38.8 Å². The Bertz CT molecular complexity index is 842. The lowest BCUT2D eigenvalue weighted by atomic mass is 10.0. The summed E-state index contributed by atoms with van der Waals surface area (Å²) in [6.07, 6.45) is 0.802. The van der Waals surface area contributed by atoms with Gasteiger partial charge in [-0.05, 0) is 36.4 Å². The third kappa shape index (κ3) is 3.16. The van der Waals surface area contributed by atoms with Crippen LogP contribution >= 0.6 is 34.8 Å². The second-order valence-corrected chi connectivity index (χ2v) is 7.67. The van der Waals surface area contributed by atoms with Crippen molar-refractivity contribution < 1.29 is 14.3 Å². The van der Waals surface area contributed by atoms with E-state index in [0.29, 0.717) is 46.8 Å². The highest BCUT2D eigenvalue weighted by Crippen LogP contribution is 2.47. The summed E-state index contributed by atoms with van der Waals surface area (Å²) >= 11 is 18.1. The molecule has 2 aromatic rings. The van der Waals surface area contributed by atoms with Gasteiger partial charge in [0.2, 0.25) is 5.91 Å². The zero-order chi connectivity index (χ0) is 18.3. The Kier molecular flexibility index (Phi) is 4.78. The van der Waals surface area contributed by atoms with E-state index < -0.39 is 5.72 Å². The number of nitrogens with zero attached hydrogens (tertiary/aromatic N) is 1. The molecule has 2 aliphatic rings. The van der Waals surface area contributed by atoms with Crippen LogP contribution in [0.2, 0.25) is 15.1 Å². The van der Waals surface area contributed by atoms with Crippen LogP contribution in [0.25, 0.3) is 0 Å². The van der Waals surface area contributed by atoms with Crippen molar-refractivity contribution in [3.63, 3.8) is 0 Å². The number of carbonyl (C=O) groups is 1. The van der Waals surface area contributed by atoms with Gasteiger partial charge < -0.3 is 14.4 Å². The fourth-order valence-corrected chi connectivity index (χ4v) is 3.97. The molecule has 2 heterocycles. The van der Waals surface area contributed by atoms with Gasteiger partial charge in [-0.1, -0.05) is 40.9 Å². The molecule has 0 spiro atoms. The van der Waals surface area contributed by atoms with Crippen molar-refractivity contribution in [1.29, 1.82) is 0 Å². The van der Waals surface area contributed by atoms with Crippen LogP contribution < -0.4 is 4.74 Å². The first-order valence-electron chi connectivity index (χ1n) is 8.30. The highest BCUT2D eigenvalue weighted by Gasteiger charge is 2.54. The molecule has 0 aromatic heterocycles. The highest BCUT2D eigenvalue weighted by molar-refractivity contribution is 6.42. The molecule has 2 atom stereocenters. The van der Waals surface area contributed by atoms with E-state index >= 15 is 0 Å². The van der Waals surface area contributed by atoms with Crippen molar-refractivity contribution in [2.45, 2.75) is 24.7 Å². The third-order valence-electron chi connectivity index (χ3n) is 4.78. The predicted molar refractivity (Wildman–Crippen MR) is 101 cm³/mol. The summed E-state index contributed by atoms with van der Waals surface area (Å²) in [7, 11) is 0. The first-order chi connectivity index (χ1) is 12.5. The van der Waals surface area contributed by atoms with Gasteiger partial charge in [0.25, 0.3) is 0 Å². The van der Waals surface area contributed by atoms with Gasteiger partial charge in [0.05, 0.1) is 16.6 Å². The quantitative estimate of drug-likeness (QED) is 0.717. The predicted octanol–water partition coefficient (Wildman–Crippen LogP) is 4.90. The van der Waals surface area contributed by atoms with Crippen LogP contribution in [0.15, 0.2) is 42.5 Å². The first kappa shape index (κ1) is 17.9. The molecule has 0 unspecified atom stereocenters. The average molecular weight is 413 g/mol. The molecule has 0 N–H and O–H groups in total. The summed E-state index contributed by atoms with van der Waals surface area (Å²) in [5.41, 5.74) is 0.0473. The van der Waals surface area contributed by atoms with Gasteiger partial charge in [-0.15, -0.1) is 0 Å². The summed E-state index contributed by atoms with van der Waals surface area (Å²) < 4.78 is 12.1. The van der Waals surface area contributed by atoms with Gasteiger partial charge in [0.15, 0.2) is 5.72 Å². The van der Waals surface area contributed by atoms with E-state index in [1.54, 1.807) is 41.3 Å². The third-order valence-corrected chi connectivity index (χ3v) is 5.77. The molecule has 0 bridgehead atoms. The Morgan fingerprint density at radius 3 is 2.62 bits per heavy atom. The Morgan fingerprint density at radius 2 is 1.88 bits per heavy atom. The monoisotopic (exact) mass is 411 g/mol. The summed E-state index contributed by atoms with van der Waals surface area (Å²) in [6, 6.07) is 12.5. The number of fused-ring (bicyclic) bond motifs is 1. The van der Waals surface area contributed by atoms with E-state index in [4.69, 9.17) is 44.3 Å². The lowest BCUT2D eigenvalue weighted by molar-refractivity contribution is -0.140. The summed E-state index contributed by atoms with van der Waals surface area (Å²) in [5.74, 6) is 0.782. The molecule has 2 saturated heterocycles. The number of hydrogen-bond acceptors (Lipinski definition) is 3. The lowest BCUT2D eigenvalue weighted by Crippen LogP contribution is -2.38. The van der Waals surface area contributed by atoms with Gasteiger partial charge >= 0.3 is 0 Å². The SMILES string of the molecule is O=C1CC[C@@]2(c3ccc(Cl)c(Cl)c3)O[C@@H](COc3ccc(Cl)cc3)CN12. The zero-order valence-electron chi connectivity index (χ0n) is 13.8. The van der Waals surface area contributed by atoms with Gasteiger partial charge in [-0.25, -0.2) is 0 Å². The molecule has 0 radical (unpaired) electrons. The zero-order valence-corrected chi connectivity index (χ0v) is 16.0. The molecule has 2 fully saturated rings. The van der Waals surface area contributed by atoms with E-state index in [-0.39, 0.29) is 12.0 Å². The van der Waals surface area contributed by atoms with Gasteiger partial charge in [0, 0.05) is 23.4 Å². The Hall–Kier alpha value is -1.46. The molecule has 26 heavy (non-hydrogen) atoms. The number of benzene rings is 2. The van der Waals surface area contributed by atoms with Crippen molar-refractivity contribution in [2.75, 3.05) is 13.2 Å². The maximum absolute atomic E-state index is 12.4. The number of halogens is 3. The van der Waals surface area contributed by atoms with Gasteiger partial charge in [0.1, 0.15) is 18.5 Å². The minimum atomic E-state index is -0.792. The van der Waals surface area contributed by atoms with E-state index in [2.05, 4.69) is 0 Å². The molecule has 2 aliphatic heterocycles. The van der Waals surface area contributed by atoms with Gasteiger partial charge in [-0.2, -0.15) is 0 Å². The number of rotatable bonds is 4. The summed E-state index contributed by atoms with van der Waals surface area (Å²) in [4.78, 5) is 14.2. The van der Waals surface area contributed by atoms with Crippen LogP contribution in [0.4, 0.5) is 0 Å². The molecule has 7 heteroatoms. The minimum absolute atomic E-state index is 0.0741. The molecule has 136 valence electrons. The first-order valence-corrected chi connectivity index (χ1v) is 9.43. The largest absolute Gasteiger partial charge is 0.491 e. The number of carbonyl (C=O) groups excluding carboxylic acids is 1. The van der Waals surface area contributed by atoms with E-state index in [9.17, 15) is 4.79 Å². The molecule has 4 rings (SSSR count). The van der Waals surface area contributed by atoms with Crippen LogP contribution in [0, 0.1) is 0 Å². The van der Waals surface area contributed by atoms with Crippen LogP contribution in [-0.4, -0.2) is 30.1 Å². The lowest BCUT2D eigenvalue weighted by Gasteiger charge is -2.31. The van der Waals surface area contributed by atoms with Crippen molar-refractivity contribution in [3.05, 3.63) is 63.1 Å². The standard InChI is InChI=1S/C19H16Cl3NO3/c20-13-2-4-14(5-3-13)25-11-15-10-23-18(24)7-8-19(23,26-15)12-1-6-16(21)17(22)9-12/h1-6,9,15H,7-8,10-11H2/t15-,19+/m1/s1. The summed E-state index contributed by atoms with van der Waals surface area (Å²) in [6.45, 7) is 0.821. The second kappa shape index (κ2) is 6.93. The highest BCUT2D eigenvalue weighted by atomic mass is 35.5. The second-order valence-electron chi connectivity index (χ2n) is 6.42. The van der Waals surface area contributed by atoms with Crippen molar-refractivity contribution >= 4 is 40.7 Å². The molecule has 2 aromatic carbocycles. The number of hydrogen-bond donors (Lipinski definition) is 0. The smallest absolute Gasteiger partial charge is 0.225 e. The number of ether oxygens (including phenoxy) is 2. The van der Waals surface area contributed by atoms with Gasteiger partial charge in [-0.3, -0.25) is 4.79 Å². The Labute approximate surface area is 166 Å². The van der Waals surface area contributed by atoms with Crippen LogP contribution in [0.1, 0.15) is 18.4 Å². The van der Waals surface area contributed by atoms with Crippen LogP contribution in [-0.2, 0) is 15.3 Å². The van der Waals surface area contributed by atoms with Crippen molar-refractivity contribution in [1.82, 2.24) is 4.90 Å². The Morgan fingerprint density at radius 1 is 1.12 bits per heavy atom. The fourth-order valence-electron chi connectivity index (χ4n) is 3.55. The summed E-state index contributed by atoms with van der Waals surface area (Å²) in [5, 5.41) is 1.57. The van der Waals surface area contributed by atoms with E-state index in [1.807, 2.05) is 6.07 Å². The molecule has 4 nitrogen and oxygen atoms in total. The minimum Gasteiger partial charge on any atom is -0.491 e. The molecule has 0 saturated carbocycles. The van der Waals surface area contributed by atoms with E-state index in [1.165, 1.54) is 0 Å². The Balaban J connectivity index is 1.54. The number of amides is 1. The van der Waals surface area contributed by atoms with Crippen LogP contribution in [0.3, 0.4) is 0 Å². The molecular weight excluding hydrogens is 397 g/mol. The maximum Gasteiger partial charge on any atom is 0.225 e. The van der Waals surface area contributed by atoms with E-state index in [0.717, 1.165) is 5.56 Å². The van der Waals surface area contributed by atoms with Crippen molar-refractivity contribution in [3.8, 4) is 5.75 Å². The molecule has 1 amide bonds. The average Bonchev–Trinajstić information content (AvgIpc) is 3.15. The molecular formula is C19H16Cl3NO3. The fraction of sp³-hybridized carbons (Fsp3) is 0.316. The molecule has 0 aliphatic carbocycles. The maximum atomic E-state index is 12.4. The van der Waals surface area contributed by atoms with Crippen molar-refractivity contribution in [2.24, 2.45) is 0 Å².